The van der Waals surface area contributed by atoms with E-state index >= 15 is 0 Å². The number of para-hydroxylation sites is 2. The number of rotatable bonds is 7. The summed E-state index contributed by atoms with van der Waals surface area (Å²) in [6.45, 7) is 2.22. The van der Waals surface area contributed by atoms with Gasteiger partial charge in [0.05, 0.1) is 5.56 Å². The summed E-state index contributed by atoms with van der Waals surface area (Å²) >= 11 is 0. The minimum atomic E-state index is -0.319. The molecule has 30 heavy (non-hydrogen) atoms. The molecule has 4 aromatic rings. The third-order valence-electron chi connectivity index (χ3n) is 5.42. The quantitative estimate of drug-likeness (QED) is 0.245. The Balaban J connectivity index is 1.63. The van der Waals surface area contributed by atoms with E-state index in [1.807, 2.05) is 18.2 Å². The molecule has 0 aliphatic heterocycles. The summed E-state index contributed by atoms with van der Waals surface area (Å²) in [5, 5.41) is 16.0. The molecule has 0 radical (unpaired) electrons. The number of benzene rings is 3. The molecule has 5 heteroatoms. The summed E-state index contributed by atoms with van der Waals surface area (Å²) in [5.74, 6) is -0.319. The van der Waals surface area contributed by atoms with Gasteiger partial charge >= 0.3 is 5.91 Å². The third kappa shape index (κ3) is 3.96. The van der Waals surface area contributed by atoms with Crippen LogP contribution in [0.1, 0.15) is 48.5 Å². The fraction of sp³-hybridized carbons (Fsp3) is 0.240. The molecule has 0 fully saturated rings. The number of unbranched alkanes of at least 4 members (excludes halogenated alkanes) is 3. The zero-order valence-corrected chi connectivity index (χ0v) is 17.1. The van der Waals surface area contributed by atoms with E-state index in [1.165, 1.54) is 35.9 Å². The summed E-state index contributed by atoms with van der Waals surface area (Å²) < 4.78 is 1.18. The van der Waals surface area contributed by atoms with Crippen molar-refractivity contribution in [2.45, 2.75) is 39.0 Å². The van der Waals surface area contributed by atoms with E-state index < -0.39 is 0 Å². The number of hydrogen-bond acceptors (Lipinski definition) is 3. The molecule has 0 N–H and O–H groups in total. The maximum atomic E-state index is 13.3. The first kappa shape index (κ1) is 19.8. The zero-order valence-electron chi connectivity index (χ0n) is 17.1. The average molecular weight is 399 g/mol. The SMILES string of the molecule is CCCCCCc1ccc(-c2ccccc2C(=O)n2n[n+]([O-])c3ccccc32)cc1. The number of nitrogens with zero attached hydrogens (tertiary/aromatic N) is 3. The van der Waals surface area contributed by atoms with Gasteiger partial charge in [0.25, 0.3) is 0 Å². The maximum absolute atomic E-state index is 13.3. The lowest BCUT2D eigenvalue weighted by Gasteiger charge is -2.08. The minimum Gasteiger partial charge on any atom is -0.691 e. The summed E-state index contributed by atoms with van der Waals surface area (Å²) in [6.07, 6.45) is 6.04. The molecule has 0 bridgehead atoms. The van der Waals surface area contributed by atoms with Gasteiger partial charge < -0.3 is 5.21 Å². The fourth-order valence-electron chi connectivity index (χ4n) is 3.77. The van der Waals surface area contributed by atoms with Crippen LogP contribution in [0.4, 0.5) is 0 Å². The molecule has 0 saturated carbocycles. The molecule has 1 heterocycles. The van der Waals surface area contributed by atoms with Gasteiger partial charge in [-0.25, -0.2) is 4.79 Å². The van der Waals surface area contributed by atoms with Crippen molar-refractivity contribution < 1.29 is 9.64 Å². The number of aryl methyl sites for hydroxylation is 1. The van der Waals surface area contributed by atoms with Crippen molar-refractivity contribution in [2.24, 2.45) is 0 Å². The Morgan fingerprint density at radius 1 is 0.933 bits per heavy atom. The third-order valence-corrected chi connectivity index (χ3v) is 5.42. The number of hydrogen-bond donors (Lipinski definition) is 0. The summed E-state index contributed by atoms with van der Waals surface area (Å²) in [4.78, 5) is 13.8. The molecule has 0 saturated heterocycles. The lowest BCUT2D eigenvalue weighted by Crippen LogP contribution is -2.31. The number of aromatic nitrogens is 3. The second-order valence-corrected chi connectivity index (χ2v) is 7.52. The van der Waals surface area contributed by atoms with Crippen LogP contribution in [0.2, 0.25) is 0 Å². The van der Waals surface area contributed by atoms with Crippen LogP contribution in [0.5, 0.6) is 0 Å². The maximum Gasteiger partial charge on any atom is 0.367 e. The van der Waals surface area contributed by atoms with Gasteiger partial charge in [0, 0.05) is 0 Å². The van der Waals surface area contributed by atoms with Gasteiger partial charge in [0.2, 0.25) is 11.0 Å². The van der Waals surface area contributed by atoms with Gasteiger partial charge in [-0.05, 0) is 47.7 Å². The Morgan fingerprint density at radius 2 is 1.67 bits per heavy atom. The van der Waals surface area contributed by atoms with Crippen molar-refractivity contribution in [2.75, 3.05) is 0 Å². The van der Waals surface area contributed by atoms with Crippen LogP contribution in [0, 0.1) is 5.21 Å². The second kappa shape index (κ2) is 8.91. The van der Waals surface area contributed by atoms with Crippen LogP contribution in [-0.2, 0) is 6.42 Å². The van der Waals surface area contributed by atoms with E-state index in [1.54, 1.807) is 30.3 Å². The van der Waals surface area contributed by atoms with Crippen LogP contribution in [-0.4, -0.2) is 15.8 Å². The van der Waals surface area contributed by atoms with E-state index in [2.05, 4.69) is 36.4 Å². The van der Waals surface area contributed by atoms with Gasteiger partial charge in [-0.15, -0.1) is 4.85 Å². The normalized spacial score (nSPS) is 11.1. The molecule has 0 aliphatic rings. The van der Waals surface area contributed by atoms with Crippen LogP contribution < -0.4 is 4.85 Å². The molecule has 152 valence electrons. The Labute approximate surface area is 176 Å². The van der Waals surface area contributed by atoms with Crippen LogP contribution in [0.15, 0.2) is 72.8 Å². The second-order valence-electron chi connectivity index (χ2n) is 7.52. The van der Waals surface area contributed by atoms with Gasteiger partial charge in [-0.1, -0.05) is 85.5 Å². The van der Waals surface area contributed by atoms with Crippen LogP contribution in [0.3, 0.4) is 0 Å². The van der Waals surface area contributed by atoms with E-state index in [4.69, 9.17) is 0 Å². The highest BCUT2D eigenvalue weighted by molar-refractivity contribution is 6.04. The molecule has 5 nitrogen and oxygen atoms in total. The van der Waals surface area contributed by atoms with E-state index in [9.17, 15) is 10.0 Å². The Kier molecular flexibility index (Phi) is 5.89. The number of carbonyl (C=O) groups is 1. The Hall–Kier alpha value is -3.47. The predicted molar refractivity (Wildman–Crippen MR) is 118 cm³/mol. The molecule has 0 amide bonds. The highest BCUT2D eigenvalue weighted by atomic mass is 16.5. The van der Waals surface area contributed by atoms with Gasteiger partial charge in [-0.2, -0.15) is 0 Å². The Bertz CT molecular complexity index is 1160. The van der Waals surface area contributed by atoms with Crippen LogP contribution >= 0.6 is 0 Å². The molecular formula is C25H25N3O2. The first-order valence-corrected chi connectivity index (χ1v) is 10.5. The zero-order chi connectivity index (χ0) is 20.9. The molecular weight excluding hydrogens is 374 g/mol. The highest BCUT2D eigenvalue weighted by Crippen LogP contribution is 2.26. The summed E-state index contributed by atoms with van der Waals surface area (Å²) in [7, 11) is 0. The van der Waals surface area contributed by atoms with E-state index in [0.717, 1.165) is 17.5 Å². The van der Waals surface area contributed by atoms with Crippen molar-refractivity contribution in [3.05, 3.63) is 89.1 Å². The van der Waals surface area contributed by atoms with Crippen molar-refractivity contribution in [1.29, 1.82) is 0 Å². The van der Waals surface area contributed by atoms with Gasteiger partial charge in [0.15, 0.2) is 0 Å². The topological polar surface area (TPSA) is 61.8 Å². The minimum absolute atomic E-state index is 0.319. The molecule has 3 aromatic carbocycles. The molecule has 4 rings (SSSR count). The smallest absolute Gasteiger partial charge is 0.367 e. The number of fused-ring (bicyclic) bond motifs is 1. The van der Waals surface area contributed by atoms with Gasteiger partial charge in [-0.3, -0.25) is 0 Å². The van der Waals surface area contributed by atoms with Crippen molar-refractivity contribution in [3.63, 3.8) is 0 Å². The average Bonchev–Trinajstić information content (AvgIpc) is 3.13. The molecule has 0 atom stereocenters. The largest absolute Gasteiger partial charge is 0.691 e. The lowest BCUT2D eigenvalue weighted by atomic mass is 9.97. The highest BCUT2D eigenvalue weighted by Gasteiger charge is 2.25. The molecule has 1 aromatic heterocycles. The lowest BCUT2D eigenvalue weighted by molar-refractivity contribution is -0.645. The monoisotopic (exact) mass is 399 g/mol. The first-order chi connectivity index (χ1) is 14.7. The molecule has 0 aliphatic carbocycles. The fourth-order valence-corrected chi connectivity index (χ4v) is 3.77. The van der Waals surface area contributed by atoms with Crippen LogP contribution in [0.25, 0.3) is 22.2 Å². The predicted octanol–water partition coefficient (Wildman–Crippen LogP) is 5.15. The standard InChI is InChI=1S/C25H25N3O2/c1-2-3-4-5-10-19-15-17-20(18-16-19)21-11-6-7-12-22(21)25(29)27-23-13-8-9-14-24(23)28(30)26-27/h6-9,11-18H,2-5,10H2,1H3. The van der Waals surface area contributed by atoms with Crippen molar-refractivity contribution >= 4 is 16.9 Å². The summed E-state index contributed by atoms with van der Waals surface area (Å²) in [5.41, 5.74) is 4.50. The molecule has 0 spiro atoms. The van der Waals surface area contributed by atoms with Crippen molar-refractivity contribution in [1.82, 2.24) is 9.90 Å². The summed E-state index contributed by atoms with van der Waals surface area (Å²) in [6, 6.07) is 22.8. The Morgan fingerprint density at radius 3 is 2.47 bits per heavy atom. The number of carbonyl (C=O) groups excluding carboxylic acids is 1. The van der Waals surface area contributed by atoms with E-state index in [-0.39, 0.29) is 5.91 Å². The van der Waals surface area contributed by atoms with Gasteiger partial charge in [0.1, 0.15) is 5.21 Å². The van der Waals surface area contributed by atoms with Crippen molar-refractivity contribution in [3.8, 4) is 11.1 Å². The van der Waals surface area contributed by atoms with E-state index in [0.29, 0.717) is 21.4 Å². The first-order valence-electron chi connectivity index (χ1n) is 10.5. The molecule has 0 unspecified atom stereocenters.